The quantitative estimate of drug-likeness (QED) is 0.773. The van der Waals surface area contributed by atoms with Crippen molar-refractivity contribution in [2.45, 2.75) is 10.5 Å². The van der Waals surface area contributed by atoms with Gasteiger partial charge in [-0.3, -0.25) is 0 Å². The van der Waals surface area contributed by atoms with Crippen molar-refractivity contribution in [1.82, 2.24) is 4.98 Å². The second-order valence-electron chi connectivity index (χ2n) is 2.35. The fourth-order valence-corrected chi connectivity index (χ4v) is 1.53. The van der Waals surface area contributed by atoms with Gasteiger partial charge in [-0.05, 0) is 12.1 Å². The third-order valence-corrected chi connectivity index (χ3v) is 2.82. The number of hydrogen-bond donors (Lipinski definition) is 1. The van der Waals surface area contributed by atoms with Gasteiger partial charge in [-0.1, -0.05) is 0 Å². The van der Waals surface area contributed by atoms with E-state index in [4.69, 9.17) is 5.73 Å². The summed E-state index contributed by atoms with van der Waals surface area (Å²) < 4.78 is 57.7. The first kappa shape index (κ1) is 10.8. The van der Waals surface area contributed by atoms with Crippen LogP contribution in [0, 0.1) is 0 Å². The van der Waals surface area contributed by atoms with Crippen LogP contribution < -0.4 is 5.73 Å². The third kappa shape index (κ3) is 1.65. The summed E-state index contributed by atoms with van der Waals surface area (Å²) in [6.07, 6.45) is 0.926. The molecule has 0 radical (unpaired) electrons. The Kier molecular flexibility index (Phi) is 2.40. The normalized spacial score (nSPS) is 12.8. The Labute approximate surface area is 77.5 Å². The van der Waals surface area contributed by atoms with Crippen molar-refractivity contribution in [1.29, 1.82) is 0 Å². The molecule has 0 bridgehead atoms. The van der Waals surface area contributed by atoms with Crippen LogP contribution in [-0.2, 0) is 9.84 Å². The maximum absolute atomic E-state index is 12.0. The largest absolute Gasteiger partial charge is 0.503 e. The Morgan fingerprint density at radius 3 is 2.36 bits per heavy atom. The van der Waals surface area contributed by atoms with E-state index >= 15 is 0 Å². The molecule has 0 saturated carbocycles. The Morgan fingerprint density at radius 2 is 1.93 bits per heavy atom. The molecule has 1 aromatic heterocycles. The lowest BCUT2D eigenvalue weighted by Gasteiger charge is -2.08. The van der Waals surface area contributed by atoms with Gasteiger partial charge in [0.2, 0.25) is 0 Å². The molecule has 14 heavy (non-hydrogen) atoms. The molecule has 1 aromatic rings. The van der Waals surface area contributed by atoms with Gasteiger partial charge in [0.1, 0.15) is 0 Å². The second kappa shape index (κ2) is 3.12. The zero-order chi connectivity index (χ0) is 11.0. The summed E-state index contributed by atoms with van der Waals surface area (Å²) >= 11 is 0. The first-order valence-corrected chi connectivity index (χ1v) is 4.77. The van der Waals surface area contributed by atoms with Crippen LogP contribution in [-0.4, -0.2) is 18.9 Å². The summed E-state index contributed by atoms with van der Waals surface area (Å²) in [6, 6.07) is 2.27. The lowest BCUT2D eigenvalue weighted by molar-refractivity contribution is -0.0437. The van der Waals surface area contributed by atoms with Crippen molar-refractivity contribution in [3.8, 4) is 0 Å². The monoisotopic (exact) mass is 226 g/mol. The molecule has 0 aliphatic carbocycles. The van der Waals surface area contributed by atoms with Crippen LogP contribution in [0.15, 0.2) is 23.4 Å². The van der Waals surface area contributed by atoms with Crippen LogP contribution in [0.2, 0.25) is 0 Å². The number of nitrogens with zero attached hydrogens (tertiary/aromatic N) is 1. The molecule has 0 saturated heterocycles. The van der Waals surface area contributed by atoms with Crippen molar-refractivity contribution in [3.63, 3.8) is 0 Å². The molecular formula is C6H5F3N2O2S. The lowest BCUT2D eigenvalue weighted by Crippen LogP contribution is -2.25. The van der Waals surface area contributed by atoms with Crippen LogP contribution >= 0.6 is 0 Å². The molecule has 4 nitrogen and oxygen atoms in total. The number of halogens is 3. The van der Waals surface area contributed by atoms with Crippen LogP contribution in [0.4, 0.5) is 18.9 Å². The van der Waals surface area contributed by atoms with E-state index in [1.807, 2.05) is 0 Å². The van der Waals surface area contributed by atoms with E-state index in [0.717, 1.165) is 12.3 Å². The number of aromatic nitrogens is 1. The van der Waals surface area contributed by atoms with Gasteiger partial charge in [0.15, 0.2) is 5.03 Å². The van der Waals surface area contributed by atoms with E-state index in [1.165, 1.54) is 6.07 Å². The lowest BCUT2D eigenvalue weighted by atomic mass is 10.4. The summed E-state index contributed by atoms with van der Waals surface area (Å²) in [4.78, 5) is 3.08. The Morgan fingerprint density at radius 1 is 1.36 bits per heavy atom. The van der Waals surface area contributed by atoms with E-state index in [0.29, 0.717) is 0 Å². The molecule has 1 rings (SSSR count). The average molecular weight is 226 g/mol. The van der Waals surface area contributed by atoms with Gasteiger partial charge in [-0.25, -0.2) is 13.4 Å². The molecule has 0 aliphatic rings. The molecule has 8 heteroatoms. The molecule has 0 unspecified atom stereocenters. The zero-order valence-electron chi connectivity index (χ0n) is 6.62. The molecule has 0 aromatic carbocycles. The fraction of sp³-hybridized carbons (Fsp3) is 0.167. The van der Waals surface area contributed by atoms with Crippen LogP contribution in [0.1, 0.15) is 0 Å². The topological polar surface area (TPSA) is 73.0 Å². The van der Waals surface area contributed by atoms with Crippen LogP contribution in [0.25, 0.3) is 0 Å². The van der Waals surface area contributed by atoms with Crippen molar-refractivity contribution in [2.75, 3.05) is 5.73 Å². The minimum atomic E-state index is -5.44. The molecule has 0 spiro atoms. The van der Waals surface area contributed by atoms with Gasteiger partial charge in [0, 0.05) is 6.20 Å². The third-order valence-electron chi connectivity index (χ3n) is 1.36. The van der Waals surface area contributed by atoms with E-state index in [2.05, 4.69) is 4.98 Å². The van der Waals surface area contributed by atoms with Gasteiger partial charge in [0.25, 0.3) is 9.84 Å². The van der Waals surface area contributed by atoms with Gasteiger partial charge in [-0.2, -0.15) is 13.2 Å². The van der Waals surface area contributed by atoms with Crippen molar-refractivity contribution in [3.05, 3.63) is 18.3 Å². The van der Waals surface area contributed by atoms with Gasteiger partial charge in [-0.15, -0.1) is 0 Å². The highest BCUT2D eigenvalue weighted by Gasteiger charge is 2.48. The van der Waals surface area contributed by atoms with Gasteiger partial charge in [0.05, 0.1) is 5.69 Å². The number of rotatable bonds is 1. The average Bonchev–Trinajstić information content (AvgIpc) is 2.02. The fourth-order valence-electron chi connectivity index (χ4n) is 0.737. The van der Waals surface area contributed by atoms with Crippen LogP contribution in [0.5, 0.6) is 0 Å². The highest BCUT2D eigenvalue weighted by Crippen LogP contribution is 2.31. The standard InChI is InChI=1S/C6H5F3N2O2S/c7-6(8,9)14(12,13)5-4(10)2-1-3-11-5/h1-3H,10H2. The Bertz CT molecular complexity index is 441. The predicted molar refractivity (Wildman–Crippen MR) is 41.9 cm³/mol. The number of sulfone groups is 1. The summed E-state index contributed by atoms with van der Waals surface area (Å²) in [5.41, 5.74) is -0.841. The number of alkyl halides is 3. The molecule has 0 atom stereocenters. The maximum atomic E-state index is 12.0. The summed E-state index contributed by atoms with van der Waals surface area (Å²) in [6.45, 7) is 0. The minimum Gasteiger partial charge on any atom is -0.396 e. The summed E-state index contributed by atoms with van der Waals surface area (Å²) in [5, 5.41) is -1.16. The number of anilines is 1. The summed E-state index contributed by atoms with van der Waals surface area (Å²) in [7, 11) is -5.44. The number of hydrogen-bond acceptors (Lipinski definition) is 4. The van der Waals surface area contributed by atoms with Gasteiger partial charge >= 0.3 is 5.51 Å². The van der Waals surface area contributed by atoms with Crippen LogP contribution in [0.3, 0.4) is 0 Å². The van der Waals surface area contributed by atoms with Crippen molar-refractivity contribution < 1.29 is 21.6 Å². The maximum Gasteiger partial charge on any atom is 0.503 e. The molecule has 2 N–H and O–H groups in total. The Balaban J connectivity index is 3.40. The molecular weight excluding hydrogens is 221 g/mol. The highest BCUT2D eigenvalue weighted by atomic mass is 32.2. The van der Waals surface area contributed by atoms with E-state index < -0.39 is 26.1 Å². The smallest absolute Gasteiger partial charge is 0.396 e. The van der Waals surface area contributed by atoms with Crippen molar-refractivity contribution in [2.24, 2.45) is 0 Å². The van der Waals surface area contributed by atoms with Crippen molar-refractivity contribution >= 4 is 15.5 Å². The molecule has 78 valence electrons. The van der Waals surface area contributed by atoms with E-state index in [1.54, 1.807) is 0 Å². The second-order valence-corrected chi connectivity index (χ2v) is 4.20. The zero-order valence-corrected chi connectivity index (χ0v) is 7.43. The van der Waals surface area contributed by atoms with E-state index in [-0.39, 0.29) is 0 Å². The minimum absolute atomic E-state index is 0.523. The van der Waals surface area contributed by atoms with E-state index in [9.17, 15) is 21.6 Å². The first-order chi connectivity index (χ1) is 6.27. The van der Waals surface area contributed by atoms with Gasteiger partial charge < -0.3 is 5.73 Å². The summed E-state index contributed by atoms with van der Waals surface area (Å²) in [5.74, 6) is 0. The number of nitrogen functional groups attached to an aromatic ring is 1. The SMILES string of the molecule is Nc1cccnc1S(=O)(=O)C(F)(F)F. The predicted octanol–water partition coefficient (Wildman–Crippen LogP) is 0.957. The Hall–Kier alpha value is -1.31. The highest BCUT2D eigenvalue weighted by molar-refractivity contribution is 7.92. The first-order valence-electron chi connectivity index (χ1n) is 3.28. The molecule has 0 amide bonds. The number of pyridine rings is 1. The molecule has 0 aliphatic heterocycles. The molecule has 0 fully saturated rings. The molecule has 1 heterocycles. The number of nitrogens with two attached hydrogens (primary N) is 1.